The monoisotopic (exact) mass is 512 g/mol. The Morgan fingerprint density at radius 2 is 1.92 bits per heavy atom. The van der Waals surface area contributed by atoms with Gasteiger partial charge in [0, 0.05) is 22.9 Å². The molecule has 11 heteroatoms. The summed E-state index contributed by atoms with van der Waals surface area (Å²) in [4.78, 5) is 25.0. The number of nitrogens with one attached hydrogen (secondary N) is 3. The van der Waals surface area contributed by atoms with E-state index in [9.17, 15) is 9.59 Å². The third-order valence-electron chi connectivity index (χ3n) is 5.19. The molecule has 2 aromatic rings. The van der Waals surface area contributed by atoms with Gasteiger partial charge in [0.1, 0.15) is 17.2 Å². The number of hydrogen-bond donors (Lipinski definition) is 3. The summed E-state index contributed by atoms with van der Waals surface area (Å²) in [5, 5.41) is 10.4. The first-order valence-electron chi connectivity index (χ1n) is 11.1. The fraction of sp³-hybridized carbons (Fsp3) is 0.280. The normalized spacial score (nSPS) is 15.1. The highest BCUT2D eigenvalue weighted by molar-refractivity contribution is 7.80. The summed E-state index contributed by atoms with van der Waals surface area (Å²) in [6, 6.07) is 11.7. The lowest BCUT2D eigenvalue weighted by atomic mass is 9.95. The number of para-hydroxylation sites is 1. The quantitative estimate of drug-likeness (QED) is 0.191. The van der Waals surface area contributed by atoms with Crippen molar-refractivity contribution in [1.82, 2.24) is 16.1 Å². The smallest absolute Gasteiger partial charge is 0.338 e. The molecule has 0 unspecified atom stereocenters. The van der Waals surface area contributed by atoms with Crippen molar-refractivity contribution >= 4 is 35.4 Å². The van der Waals surface area contributed by atoms with Gasteiger partial charge >= 0.3 is 5.97 Å². The molecule has 0 radical (unpaired) electrons. The van der Waals surface area contributed by atoms with Gasteiger partial charge in [0.25, 0.3) is 5.91 Å². The zero-order valence-corrected chi connectivity index (χ0v) is 21.2. The molecule has 0 fully saturated rings. The van der Waals surface area contributed by atoms with Crippen molar-refractivity contribution < 1.29 is 28.5 Å². The number of esters is 1. The van der Waals surface area contributed by atoms with Crippen LogP contribution in [0.25, 0.3) is 0 Å². The summed E-state index contributed by atoms with van der Waals surface area (Å²) in [6.07, 6.45) is 1.46. The predicted molar refractivity (Wildman–Crippen MR) is 138 cm³/mol. The van der Waals surface area contributed by atoms with Crippen LogP contribution in [-0.2, 0) is 14.3 Å². The lowest BCUT2D eigenvalue weighted by Gasteiger charge is -2.30. The number of hydrazone groups is 1. The Labute approximate surface area is 214 Å². The Bertz CT molecular complexity index is 1200. The van der Waals surface area contributed by atoms with Crippen molar-refractivity contribution in [2.75, 3.05) is 27.4 Å². The van der Waals surface area contributed by atoms with E-state index < -0.39 is 17.9 Å². The van der Waals surface area contributed by atoms with Gasteiger partial charge in [-0.1, -0.05) is 18.2 Å². The third kappa shape index (κ3) is 6.51. The Morgan fingerprint density at radius 3 is 2.64 bits per heavy atom. The Hall–Kier alpha value is -4.12. The molecule has 3 rings (SSSR count). The first-order valence-corrected chi connectivity index (χ1v) is 11.5. The number of amides is 1. The number of rotatable bonds is 10. The molecule has 1 aliphatic rings. The molecule has 10 nitrogen and oxygen atoms in total. The molecule has 0 aliphatic carbocycles. The minimum absolute atomic E-state index is 0.230. The van der Waals surface area contributed by atoms with Crippen LogP contribution in [0.1, 0.15) is 31.0 Å². The summed E-state index contributed by atoms with van der Waals surface area (Å²) in [6.45, 7) is 3.41. The molecule has 0 bridgehead atoms. The van der Waals surface area contributed by atoms with E-state index in [1.165, 1.54) is 13.3 Å². The number of methoxy groups -OCH3 is 2. The standard InChI is InChI=1S/C25H28N4O6S/c1-5-34-24(31)22-15(2)27-25(36)28-23(22)18-8-6-7-9-19(18)35-14-21(30)29-26-13-16-10-11-17(32-3)12-20(16)33-4/h6-13,23H,5,14H2,1-4H3,(H,29,30)(H2,27,28,36)/t23-/m0/s1. The van der Waals surface area contributed by atoms with E-state index in [0.29, 0.717) is 44.8 Å². The summed E-state index contributed by atoms with van der Waals surface area (Å²) in [5.74, 6) is 0.647. The summed E-state index contributed by atoms with van der Waals surface area (Å²) in [7, 11) is 3.09. The van der Waals surface area contributed by atoms with Gasteiger partial charge in [0.05, 0.1) is 38.7 Å². The van der Waals surface area contributed by atoms with E-state index in [1.54, 1.807) is 63.4 Å². The molecular formula is C25H28N4O6S. The summed E-state index contributed by atoms with van der Waals surface area (Å²) >= 11 is 5.29. The number of allylic oxidation sites excluding steroid dienone is 1. The fourth-order valence-corrected chi connectivity index (χ4v) is 3.80. The third-order valence-corrected chi connectivity index (χ3v) is 5.41. The van der Waals surface area contributed by atoms with Crippen molar-refractivity contribution in [3.05, 3.63) is 64.9 Å². The maximum atomic E-state index is 12.7. The lowest BCUT2D eigenvalue weighted by molar-refractivity contribution is -0.139. The van der Waals surface area contributed by atoms with Gasteiger partial charge in [-0.05, 0) is 44.3 Å². The van der Waals surface area contributed by atoms with Crippen LogP contribution in [0.3, 0.4) is 0 Å². The number of hydrogen-bond acceptors (Lipinski definition) is 8. The zero-order chi connectivity index (χ0) is 26.1. The topological polar surface area (TPSA) is 120 Å². The first-order chi connectivity index (χ1) is 17.4. The van der Waals surface area contributed by atoms with Gasteiger partial charge in [-0.2, -0.15) is 5.10 Å². The van der Waals surface area contributed by atoms with Crippen LogP contribution in [0.4, 0.5) is 0 Å². The van der Waals surface area contributed by atoms with E-state index in [4.69, 9.17) is 31.2 Å². The number of ether oxygens (including phenoxy) is 4. The maximum Gasteiger partial charge on any atom is 0.338 e. The average molecular weight is 513 g/mol. The van der Waals surface area contributed by atoms with E-state index in [1.807, 2.05) is 0 Å². The Balaban J connectivity index is 1.71. The zero-order valence-electron chi connectivity index (χ0n) is 20.4. The van der Waals surface area contributed by atoms with Crippen LogP contribution in [0.5, 0.6) is 17.2 Å². The molecule has 0 spiro atoms. The van der Waals surface area contributed by atoms with Crippen molar-refractivity contribution in [2.24, 2.45) is 5.10 Å². The fourth-order valence-electron chi connectivity index (χ4n) is 3.53. The van der Waals surface area contributed by atoms with Gasteiger partial charge in [-0.3, -0.25) is 4.79 Å². The van der Waals surface area contributed by atoms with Crippen LogP contribution >= 0.6 is 12.2 Å². The second-order valence-corrected chi connectivity index (χ2v) is 7.93. The number of carbonyl (C=O) groups excluding carboxylic acids is 2. The van der Waals surface area contributed by atoms with Crippen LogP contribution in [-0.4, -0.2) is 50.6 Å². The number of thiocarbonyl (C=S) groups is 1. The number of benzene rings is 2. The summed E-state index contributed by atoms with van der Waals surface area (Å²) < 4.78 is 21.5. The molecule has 0 saturated carbocycles. The van der Waals surface area contributed by atoms with Crippen LogP contribution in [0.2, 0.25) is 0 Å². The molecular weight excluding hydrogens is 484 g/mol. The minimum atomic E-state index is -0.613. The molecule has 0 saturated heterocycles. The highest BCUT2D eigenvalue weighted by Crippen LogP contribution is 2.33. The SMILES string of the molecule is CCOC(=O)C1=C(C)NC(=S)N[C@H]1c1ccccc1OCC(=O)NN=Cc1ccc(OC)cc1OC. The highest BCUT2D eigenvalue weighted by Gasteiger charge is 2.32. The van der Waals surface area contributed by atoms with Crippen molar-refractivity contribution in [2.45, 2.75) is 19.9 Å². The molecule has 0 aromatic heterocycles. The van der Waals surface area contributed by atoms with Gasteiger partial charge in [-0.25, -0.2) is 10.2 Å². The molecule has 1 amide bonds. The predicted octanol–water partition coefficient (Wildman–Crippen LogP) is 2.59. The molecule has 1 atom stereocenters. The largest absolute Gasteiger partial charge is 0.497 e. The number of carbonyl (C=O) groups is 2. The van der Waals surface area contributed by atoms with Crippen LogP contribution < -0.4 is 30.3 Å². The van der Waals surface area contributed by atoms with Crippen molar-refractivity contribution in [3.63, 3.8) is 0 Å². The first kappa shape index (κ1) is 26.5. The van der Waals surface area contributed by atoms with Crippen molar-refractivity contribution in [3.8, 4) is 17.2 Å². The van der Waals surface area contributed by atoms with Crippen LogP contribution in [0, 0.1) is 0 Å². The maximum absolute atomic E-state index is 12.7. The van der Waals surface area contributed by atoms with Gasteiger partial charge in [-0.15, -0.1) is 0 Å². The van der Waals surface area contributed by atoms with E-state index >= 15 is 0 Å². The van der Waals surface area contributed by atoms with Gasteiger partial charge in [0.2, 0.25) is 0 Å². The molecule has 190 valence electrons. The van der Waals surface area contributed by atoms with E-state index in [-0.39, 0.29) is 13.2 Å². The molecule has 3 N–H and O–H groups in total. The highest BCUT2D eigenvalue weighted by atomic mass is 32.1. The van der Waals surface area contributed by atoms with E-state index in [2.05, 4.69) is 21.2 Å². The lowest BCUT2D eigenvalue weighted by Crippen LogP contribution is -2.45. The van der Waals surface area contributed by atoms with E-state index in [0.717, 1.165) is 0 Å². The Morgan fingerprint density at radius 1 is 1.14 bits per heavy atom. The van der Waals surface area contributed by atoms with Crippen LogP contribution in [0.15, 0.2) is 58.8 Å². The second kappa shape index (κ2) is 12.5. The molecule has 1 aliphatic heterocycles. The van der Waals surface area contributed by atoms with Gasteiger partial charge < -0.3 is 29.6 Å². The number of nitrogens with zero attached hydrogens (tertiary/aromatic N) is 1. The molecule has 36 heavy (non-hydrogen) atoms. The second-order valence-electron chi connectivity index (χ2n) is 7.52. The minimum Gasteiger partial charge on any atom is -0.497 e. The van der Waals surface area contributed by atoms with Crippen molar-refractivity contribution in [1.29, 1.82) is 0 Å². The summed E-state index contributed by atoms with van der Waals surface area (Å²) in [5.41, 5.74) is 4.67. The molecule has 1 heterocycles. The van der Waals surface area contributed by atoms with Gasteiger partial charge in [0.15, 0.2) is 11.7 Å². The molecule has 2 aromatic carbocycles. The Kier molecular flexibility index (Phi) is 9.23. The average Bonchev–Trinajstić information content (AvgIpc) is 2.87.